The lowest BCUT2D eigenvalue weighted by atomic mass is 9.98. The van der Waals surface area contributed by atoms with Crippen LogP contribution in [0.3, 0.4) is 0 Å². The number of hydrogen-bond donors (Lipinski definition) is 13. The molecule has 4 fully saturated rings. The number of carbonyl (C=O) groups excluding carboxylic acids is 9. The smallest absolute Gasteiger partial charge is 0.341 e. The number of nitrogens with one attached hydrogen (secondary N) is 3. The van der Waals surface area contributed by atoms with E-state index in [1.165, 1.54) is 64.3 Å². The minimum Gasteiger partial charge on any atom is -0.484 e. The van der Waals surface area contributed by atoms with E-state index < -0.39 is 127 Å². The summed E-state index contributed by atoms with van der Waals surface area (Å²) in [5, 5.41) is 82.6. The lowest BCUT2D eigenvalue weighted by molar-refractivity contribution is -0.139. The Bertz CT molecular complexity index is 4950. The fourth-order valence-electron chi connectivity index (χ4n) is 14.1. The number of Topliss-reactive ketones (excluding diaryl/α,β-unsaturated/α-hetero) is 1. The van der Waals surface area contributed by atoms with Crippen LogP contribution in [0.4, 0.5) is 17.3 Å². The van der Waals surface area contributed by atoms with Gasteiger partial charge in [0.2, 0.25) is 23.6 Å². The molecule has 584 valence electrons. The second kappa shape index (κ2) is 34.5. The van der Waals surface area contributed by atoms with E-state index in [0.717, 1.165) is 34.6 Å². The van der Waals surface area contributed by atoms with E-state index in [4.69, 9.17) is 64.5 Å². The van der Waals surface area contributed by atoms with Crippen molar-refractivity contribution in [2.75, 3.05) is 43.1 Å². The molecule has 37 heteroatoms. The van der Waals surface area contributed by atoms with Crippen LogP contribution in [0.2, 0.25) is 10.0 Å². The standard InChI is InChI=1S/C37H38ClN7O10.C19H19ClN4O7.C18H21N3O4/c38-22-9-8-18(28(48)31-29(49)30(50)37(55-31)44-14-12-21-32(39)41-17-42-33(21)44)15-25(22)54-16-19(46)5-2-1-3-13-40-23-7-4-6-20-27(23)36(53)45(35(20)52)24-10-11-26(47)43-34(24)51;20-10-2-1-8(5-11(10)30-6-12(25)26)13(27)16-14(28)15(29)19(31-16)24-4-3-9-17(21)22-7-23-18(9)24;19-10-3-1-2-5-11-6-4-7-12-15(11)18(25)21(17(12)24)13-8-9-14(22)20-16(13)23/h4,6-9,12,14-15,17,24,28-31,37,40,48-50H,1-3,5,10-11,13,16H2,(H2,39,41,42)(H,43,47,51);1-5,7,13-16,19,27-29H,6H2,(H,25,26)(H2,21,22,23);4,6-7,13H,1-3,5,8-10,19H2,(H,20,22,23)/t24?,28-,29+,30-,31-,37-;13-,14+,15-,16-,19-;/m11./s1. The van der Waals surface area contributed by atoms with Crippen molar-refractivity contribution in [3.05, 3.63) is 159 Å². The minimum absolute atomic E-state index is 0.0338. The normalized spacial score (nSPS) is 22.7. The molecule has 0 bridgehead atoms. The van der Waals surface area contributed by atoms with Gasteiger partial charge in [-0.2, -0.15) is 0 Å². The number of anilines is 3. The summed E-state index contributed by atoms with van der Waals surface area (Å²) in [4.78, 5) is 141. The molecule has 4 aromatic carbocycles. The topological polar surface area (TPSA) is 531 Å². The Kier molecular flexibility index (Phi) is 24.8. The predicted molar refractivity (Wildman–Crippen MR) is 392 cm³/mol. The van der Waals surface area contributed by atoms with E-state index in [-0.39, 0.29) is 106 Å². The van der Waals surface area contributed by atoms with Gasteiger partial charge in [-0.3, -0.25) is 63.6 Å². The third kappa shape index (κ3) is 16.7. The van der Waals surface area contributed by atoms with Crippen LogP contribution in [0.25, 0.3) is 22.1 Å². The number of ether oxygens (including phenoxy) is 4. The number of benzene rings is 4. The number of hydrogen-bond acceptors (Lipinski definition) is 28. The first kappa shape index (κ1) is 79.6. The molecule has 0 aliphatic carbocycles. The first-order valence-corrected chi connectivity index (χ1v) is 36.3. The number of carboxylic acid groups (broad SMARTS) is 1. The molecule has 0 saturated carbocycles. The van der Waals surface area contributed by atoms with Gasteiger partial charge >= 0.3 is 5.97 Å². The molecule has 8 aromatic rings. The number of aromatic nitrogens is 6. The maximum atomic E-state index is 13.3. The van der Waals surface area contributed by atoms with E-state index in [1.54, 1.807) is 48.8 Å². The fraction of sp³-hybridized carbons (Fsp3) is 0.378. The number of nitrogens with zero attached hydrogens (tertiary/aromatic N) is 8. The molecule has 10 heterocycles. The Hall–Kier alpha value is -11.0. The van der Waals surface area contributed by atoms with E-state index in [0.29, 0.717) is 77.7 Å². The summed E-state index contributed by atoms with van der Waals surface area (Å²) >= 11 is 12.3. The van der Waals surface area contributed by atoms with Crippen LogP contribution in [0.15, 0.2) is 110 Å². The molecule has 14 rings (SSSR count). The van der Waals surface area contributed by atoms with Crippen LogP contribution in [0.1, 0.15) is 153 Å². The Morgan fingerprint density at radius 2 is 1.07 bits per heavy atom. The van der Waals surface area contributed by atoms with Crippen LogP contribution in [0, 0.1) is 0 Å². The zero-order chi connectivity index (χ0) is 79.2. The summed E-state index contributed by atoms with van der Waals surface area (Å²) in [6, 6.07) is 20.1. The number of nitrogen functional groups attached to an aromatic ring is 2. The molecule has 2 unspecified atom stereocenters. The van der Waals surface area contributed by atoms with Crippen LogP contribution in [-0.2, 0) is 44.7 Å². The monoisotopic (exact) mass is 1570 g/mol. The van der Waals surface area contributed by atoms with Gasteiger partial charge in [-0.1, -0.05) is 66.4 Å². The SMILES string of the molecule is NCCCCCc1cccc2c1C(=O)N(C1CCC(=O)NC1=O)C2=O.Nc1ncnc2c1ccn2[C@@H]1O[C@H]([C@H](O)c2ccc(Cl)c(OCC(=O)CCCCCNc3cccc4c3C(=O)N(C3CCC(=O)NC3=O)C4=O)c2)[C@@H](O)[C@H]1O.Nc1ncnc2c1ccn2[C@@H]1O[C@H]([C@H](O)c2ccc(Cl)c(OCC(=O)O)c2)[C@@H](O)[C@H]1O. The maximum Gasteiger partial charge on any atom is 0.341 e. The van der Waals surface area contributed by atoms with Crippen molar-refractivity contribution in [1.82, 2.24) is 49.5 Å². The highest BCUT2D eigenvalue weighted by Crippen LogP contribution is 2.43. The quantitative estimate of drug-likeness (QED) is 0.0273. The third-order valence-electron chi connectivity index (χ3n) is 19.8. The van der Waals surface area contributed by atoms with Gasteiger partial charge in [-0.05, 0) is 123 Å². The number of aryl methyl sites for hydroxylation is 1. The van der Waals surface area contributed by atoms with Gasteiger partial charge in [0, 0.05) is 43.9 Å². The van der Waals surface area contributed by atoms with Crippen molar-refractivity contribution in [2.45, 2.75) is 150 Å². The van der Waals surface area contributed by atoms with Crippen LogP contribution in [-0.4, -0.2) is 209 Å². The molecule has 0 spiro atoms. The first-order chi connectivity index (χ1) is 53.3. The summed E-state index contributed by atoms with van der Waals surface area (Å²) < 4.78 is 25.6. The highest BCUT2D eigenvalue weighted by molar-refractivity contribution is 6.32. The van der Waals surface area contributed by atoms with Crippen LogP contribution >= 0.6 is 23.2 Å². The van der Waals surface area contributed by atoms with Crippen molar-refractivity contribution in [3.63, 3.8) is 0 Å². The lowest BCUT2D eigenvalue weighted by Gasteiger charge is -2.27. The summed E-state index contributed by atoms with van der Waals surface area (Å²) in [6.45, 7) is 0.193. The molecule has 6 aliphatic heterocycles. The summed E-state index contributed by atoms with van der Waals surface area (Å²) in [5.74, 6) is -4.84. The molecule has 111 heavy (non-hydrogen) atoms. The van der Waals surface area contributed by atoms with Crippen LogP contribution in [0.5, 0.6) is 11.5 Å². The molecular weight excluding hydrogens is 1490 g/mol. The zero-order valence-electron chi connectivity index (χ0n) is 59.0. The number of halogens is 2. The molecule has 4 saturated heterocycles. The molecule has 12 atom stereocenters. The fourth-order valence-corrected chi connectivity index (χ4v) is 14.4. The van der Waals surface area contributed by atoms with Gasteiger partial charge in [0.05, 0.1) is 43.1 Å². The second-order valence-corrected chi connectivity index (χ2v) is 27.8. The third-order valence-corrected chi connectivity index (χ3v) is 20.4. The molecule has 35 nitrogen and oxygen atoms in total. The van der Waals surface area contributed by atoms with E-state index in [2.05, 4.69) is 35.9 Å². The Morgan fingerprint density at radius 3 is 1.58 bits per heavy atom. The number of rotatable bonds is 26. The van der Waals surface area contributed by atoms with Crippen molar-refractivity contribution < 1.29 is 103 Å². The number of aliphatic carboxylic acids is 1. The van der Waals surface area contributed by atoms with Crippen molar-refractivity contribution >= 4 is 122 Å². The number of carbonyl (C=O) groups is 10. The van der Waals surface area contributed by atoms with Crippen LogP contribution < -0.4 is 42.6 Å². The lowest BCUT2D eigenvalue weighted by Crippen LogP contribution is -2.54. The number of carboxylic acids is 1. The number of ketones is 1. The van der Waals surface area contributed by atoms with Gasteiger partial charge in [0.25, 0.3) is 23.6 Å². The van der Waals surface area contributed by atoms with Crippen molar-refractivity contribution in [1.29, 1.82) is 0 Å². The highest BCUT2D eigenvalue weighted by atomic mass is 35.5. The number of imide groups is 4. The highest BCUT2D eigenvalue weighted by Gasteiger charge is 2.51. The minimum atomic E-state index is -1.47. The molecular formula is C74H78Cl2N14O21. The number of nitrogens with two attached hydrogens (primary N) is 3. The molecule has 8 amide bonds. The van der Waals surface area contributed by atoms with E-state index >= 15 is 0 Å². The number of amides is 8. The largest absolute Gasteiger partial charge is 0.484 e. The number of unbranched alkanes of at least 4 members (excludes halogenated alkanes) is 4. The molecule has 6 aliphatic rings. The van der Waals surface area contributed by atoms with Crippen molar-refractivity contribution in [2.24, 2.45) is 5.73 Å². The van der Waals surface area contributed by atoms with Crippen molar-refractivity contribution in [3.8, 4) is 11.5 Å². The maximum absolute atomic E-state index is 13.3. The summed E-state index contributed by atoms with van der Waals surface area (Å²) in [5.41, 5.74) is 20.9. The number of piperidine rings is 2. The molecule has 4 aromatic heterocycles. The number of fused-ring (bicyclic) bond motifs is 4. The van der Waals surface area contributed by atoms with Gasteiger partial charge in [-0.15, -0.1) is 0 Å². The van der Waals surface area contributed by atoms with Gasteiger partial charge < -0.3 is 86.3 Å². The Morgan fingerprint density at radius 1 is 0.586 bits per heavy atom. The van der Waals surface area contributed by atoms with E-state index in [1.807, 2.05) is 6.07 Å². The number of aliphatic hydroxyl groups is 6. The first-order valence-electron chi connectivity index (χ1n) is 35.5. The molecule has 0 radical (unpaired) electrons. The van der Waals surface area contributed by atoms with Gasteiger partial charge in [0.1, 0.15) is 115 Å². The summed E-state index contributed by atoms with van der Waals surface area (Å²) in [6.07, 6.45) is -1.37. The summed E-state index contributed by atoms with van der Waals surface area (Å²) in [7, 11) is 0. The average molecular weight is 1570 g/mol. The molecule has 16 N–H and O–H groups in total. The zero-order valence-corrected chi connectivity index (χ0v) is 60.6. The Balaban J connectivity index is 0.000000172. The Labute approximate surface area is 640 Å². The predicted octanol–water partition coefficient (Wildman–Crippen LogP) is 3.28. The van der Waals surface area contributed by atoms with Gasteiger partial charge in [-0.25, -0.2) is 24.7 Å². The second-order valence-electron chi connectivity index (χ2n) is 27.0. The number of aliphatic hydroxyl groups excluding tert-OH is 6. The van der Waals surface area contributed by atoms with Gasteiger partial charge in [0.15, 0.2) is 24.8 Å². The average Bonchev–Trinajstić information content (AvgIpc) is 1.63. The van der Waals surface area contributed by atoms with E-state index in [9.17, 15) is 78.6 Å².